The summed E-state index contributed by atoms with van der Waals surface area (Å²) in [6.07, 6.45) is -0.0337. The van der Waals surface area contributed by atoms with Crippen molar-refractivity contribution < 1.29 is 19.4 Å². The van der Waals surface area contributed by atoms with Crippen molar-refractivity contribution in [2.75, 3.05) is 31.1 Å². The lowest BCUT2D eigenvalue weighted by Crippen LogP contribution is -2.48. The van der Waals surface area contributed by atoms with Crippen LogP contribution in [0.1, 0.15) is 44.9 Å². The summed E-state index contributed by atoms with van der Waals surface area (Å²) in [6, 6.07) is 19.7. The van der Waals surface area contributed by atoms with Gasteiger partial charge in [0.2, 0.25) is 0 Å². The molecular formula is C29H30N2O4S. The van der Waals surface area contributed by atoms with Crippen molar-refractivity contribution in [3.8, 4) is 17.6 Å². The molecule has 1 unspecified atom stereocenters. The van der Waals surface area contributed by atoms with Crippen LogP contribution in [-0.2, 0) is 11.4 Å². The topological polar surface area (TPSA) is 70.1 Å². The summed E-state index contributed by atoms with van der Waals surface area (Å²) in [7, 11) is 0. The molecule has 0 spiro atoms. The molecule has 1 saturated heterocycles. The molecule has 1 fully saturated rings. The molecule has 1 aromatic heterocycles. The first-order valence-electron chi connectivity index (χ1n) is 12.0. The molecule has 1 amide bonds. The summed E-state index contributed by atoms with van der Waals surface area (Å²) in [5.74, 6) is 5.29. The molecule has 6 nitrogen and oxygen atoms in total. The van der Waals surface area contributed by atoms with E-state index in [9.17, 15) is 9.59 Å². The van der Waals surface area contributed by atoms with Gasteiger partial charge in [-0.1, -0.05) is 35.7 Å². The van der Waals surface area contributed by atoms with E-state index in [1.807, 2.05) is 41.3 Å². The normalized spacial score (nSPS) is 14.1. The number of aliphatic carboxylic acids is 1. The fourth-order valence-electron chi connectivity index (χ4n) is 4.20. The smallest absolute Gasteiger partial charge is 0.304 e. The lowest BCUT2D eigenvalue weighted by atomic mass is 9.96. The van der Waals surface area contributed by atoms with Crippen molar-refractivity contribution in [3.63, 3.8) is 0 Å². The molecule has 2 aromatic carbocycles. The number of piperazine rings is 1. The molecule has 1 N–H and O–H groups in total. The first-order valence-corrected chi connectivity index (χ1v) is 12.8. The highest BCUT2D eigenvalue weighted by molar-refractivity contribution is 7.14. The quantitative estimate of drug-likeness (QED) is 0.430. The molecule has 1 atom stereocenters. The van der Waals surface area contributed by atoms with Gasteiger partial charge >= 0.3 is 5.97 Å². The number of carboxylic acid groups (broad SMARTS) is 1. The fourth-order valence-corrected chi connectivity index (χ4v) is 5.09. The lowest BCUT2D eigenvalue weighted by Gasteiger charge is -2.36. The van der Waals surface area contributed by atoms with E-state index in [-0.39, 0.29) is 18.2 Å². The molecule has 36 heavy (non-hydrogen) atoms. The van der Waals surface area contributed by atoms with Gasteiger partial charge in [0.05, 0.1) is 17.2 Å². The number of hydrogen-bond acceptors (Lipinski definition) is 5. The molecule has 3 aromatic rings. The molecule has 1 aliphatic rings. The first kappa shape index (κ1) is 25.3. The van der Waals surface area contributed by atoms with Gasteiger partial charge in [0.15, 0.2) is 0 Å². The maximum atomic E-state index is 13.0. The number of nitrogens with zero attached hydrogens (tertiary/aromatic N) is 2. The number of amides is 1. The van der Waals surface area contributed by atoms with E-state index in [0.29, 0.717) is 25.4 Å². The molecule has 2 heterocycles. The van der Waals surface area contributed by atoms with Crippen molar-refractivity contribution in [3.05, 3.63) is 81.5 Å². The Kier molecular flexibility index (Phi) is 8.29. The van der Waals surface area contributed by atoms with Gasteiger partial charge in [-0.3, -0.25) is 9.59 Å². The average molecular weight is 503 g/mol. The van der Waals surface area contributed by atoms with E-state index in [1.54, 1.807) is 6.92 Å². The predicted octanol–water partition coefficient (Wildman–Crippen LogP) is 5.18. The van der Waals surface area contributed by atoms with E-state index in [0.717, 1.165) is 28.4 Å². The van der Waals surface area contributed by atoms with Crippen molar-refractivity contribution in [1.82, 2.24) is 4.90 Å². The summed E-state index contributed by atoms with van der Waals surface area (Å²) in [5, 5.41) is 9.11. The van der Waals surface area contributed by atoms with Crippen molar-refractivity contribution in [2.24, 2.45) is 0 Å². The minimum absolute atomic E-state index is 0.0337. The zero-order valence-electron chi connectivity index (χ0n) is 20.6. The maximum absolute atomic E-state index is 13.0. The second kappa shape index (κ2) is 11.8. The largest absolute Gasteiger partial charge is 0.488 e. The number of carbonyl (C=O) groups excluding carboxylic acids is 1. The Hall–Kier alpha value is -3.76. The fraction of sp³-hybridized carbons (Fsp3) is 0.310. The third-order valence-electron chi connectivity index (χ3n) is 6.20. The highest BCUT2D eigenvalue weighted by Gasteiger charge is 2.23. The van der Waals surface area contributed by atoms with E-state index < -0.39 is 5.97 Å². The van der Waals surface area contributed by atoms with E-state index >= 15 is 0 Å². The van der Waals surface area contributed by atoms with E-state index in [4.69, 9.17) is 9.84 Å². The number of carboxylic acids is 1. The zero-order chi connectivity index (χ0) is 25.5. The van der Waals surface area contributed by atoms with Crippen LogP contribution in [0.15, 0.2) is 60.7 Å². The summed E-state index contributed by atoms with van der Waals surface area (Å²) >= 11 is 1.46. The number of aryl methyl sites for hydroxylation is 1. The summed E-state index contributed by atoms with van der Waals surface area (Å²) in [6.45, 7) is 7.21. The molecule has 0 aliphatic carbocycles. The molecule has 7 heteroatoms. The summed E-state index contributed by atoms with van der Waals surface area (Å²) < 4.78 is 5.90. The van der Waals surface area contributed by atoms with Gasteiger partial charge in [0.1, 0.15) is 12.4 Å². The van der Waals surface area contributed by atoms with Crippen LogP contribution in [0, 0.1) is 18.8 Å². The number of hydrogen-bond donors (Lipinski definition) is 1. The summed E-state index contributed by atoms with van der Waals surface area (Å²) in [5.41, 5.74) is 3.30. The second-order valence-electron chi connectivity index (χ2n) is 8.78. The van der Waals surface area contributed by atoms with Gasteiger partial charge in [-0.05, 0) is 55.8 Å². The van der Waals surface area contributed by atoms with Crippen molar-refractivity contribution in [1.29, 1.82) is 0 Å². The molecule has 0 bridgehead atoms. The van der Waals surface area contributed by atoms with Crippen LogP contribution in [-0.4, -0.2) is 48.1 Å². The monoisotopic (exact) mass is 502 g/mol. The number of thiophene rings is 1. The van der Waals surface area contributed by atoms with Crippen molar-refractivity contribution >= 4 is 28.9 Å². The molecule has 0 saturated carbocycles. The van der Waals surface area contributed by atoms with Crippen LogP contribution in [0.25, 0.3) is 0 Å². The molecule has 4 rings (SSSR count). The zero-order valence-corrected chi connectivity index (χ0v) is 21.4. The van der Waals surface area contributed by atoms with Crippen LogP contribution < -0.4 is 9.64 Å². The Bertz CT molecular complexity index is 1250. The van der Waals surface area contributed by atoms with Crippen molar-refractivity contribution in [2.45, 2.75) is 32.8 Å². The number of benzene rings is 2. The average Bonchev–Trinajstić information content (AvgIpc) is 3.37. The highest BCUT2D eigenvalue weighted by atomic mass is 32.1. The number of carbonyl (C=O) groups is 2. The third kappa shape index (κ3) is 6.46. The lowest BCUT2D eigenvalue weighted by molar-refractivity contribution is -0.137. The Balaban J connectivity index is 1.29. The first-order chi connectivity index (χ1) is 17.4. The highest BCUT2D eigenvalue weighted by Crippen LogP contribution is 2.25. The van der Waals surface area contributed by atoms with Crippen LogP contribution in [0.5, 0.6) is 5.75 Å². The van der Waals surface area contributed by atoms with Gasteiger partial charge < -0.3 is 19.6 Å². The van der Waals surface area contributed by atoms with Gasteiger partial charge in [-0.25, -0.2) is 0 Å². The van der Waals surface area contributed by atoms with Crippen LogP contribution >= 0.6 is 11.3 Å². The second-order valence-corrected chi connectivity index (χ2v) is 9.95. The molecular weight excluding hydrogens is 472 g/mol. The van der Waals surface area contributed by atoms with E-state index in [2.05, 4.69) is 47.9 Å². The predicted molar refractivity (Wildman–Crippen MR) is 143 cm³/mol. The van der Waals surface area contributed by atoms with Crippen LogP contribution in [0.3, 0.4) is 0 Å². The van der Waals surface area contributed by atoms with Crippen LogP contribution in [0.2, 0.25) is 0 Å². The molecule has 1 aliphatic heterocycles. The summed E-state index contributed by atoms with van der Waals surface area (Å²) in [4.78, 5) is 30.1. The SMILES string of the molecule is CC#CC(CC(=O)O)c1ccc(OCc2ccc(C(=O)N3CCN(c4ccc(C)cc4)CC3)s2)cc1. The van der Waals surface area contributed by atoms with Crippen LogP contribution in [0.4, 0.5) is 5.69 Å². The number of ether oxygens (including phenoxy) is 1. The number of rotatable bonds is 8. The van der Waals surface area contributed by atoms with Gasteiger partial charge in [-0.2, -0.15) is 0 Å². The Labute approximate surface area is 216 Å². The standard InChI is InChI=1S/C29H30N2O4S/c1-3-4-23(19-28(32)33)22-7-11-25(12-8-22)35-20-26-13-14-27(36-26)29(34)31-17-15-30(16-18-31)24-9-5-21(2)6-10-24/h5-14,23H,15-20H2,1-2H3,(H,32,33). The van der Waals surface area contributed by atoms with Gasteiger partial charge in [0.25, 0.3) is 5.91 Å². The van der Waals surface area contributed by atoms with E-state index in [1.165, 1.54) is 22.6 Å². The Morgan fingerprint density at radius 3 is 2.33 bits per heavy atom. The third-order valence-corrected chi connectivity index (χ3v) is 7.25. The minimum atomic E-state index is -0.876. The Morgan fingerprint density at radius 1 is 1.00 bits per heavy atom. The molecule has 0 radical (unpaired) electrons. The Morgan fingerprint density at radius 2 is 1.69 bits per heavy atom. The number of anilines is 1. The van der Waals surface area contributed by atoms with Gasteiger partial charge in [-0.15, -0.1) is 17.3 Å². The maximum Gasteiger partial charge on any atom is 0.304 e. The molecule has 186 valence electrons. The minimum Gasteiger partial charge on any atom is -0.488 e. The van der Waals surface area contributed by atoms with Gasteiger partial charge in [0, 0.05) is 36.7 Å².